The van der Waals surface area contributed by atoms with Gasteiger partial charge in [0.05, 0.1) is 16.6 Å². The van der Waals surface area contributed by atoms with Crippen LogP contribution in [0, 0.1) is 5.92 Å². The summed E-state index contributed by atoms with van der Waals surface area (Å²) >= 11 is 1.42. The minimum absolute atomic E-state index is 0.120. The molecule has 166 valence electrons. The molecule has 0 saturated heterocycles. The average molecular weight is 445 g/mol. The fourth-order valence-electron chi connectivity index (χ4n) is 3.29. The van der Waals surface area contributed by atoms with Gasteiger partial charge in [0.1, 0.15) is 0 Å². The van der Waals surface area contributed by atoms with Crippen LogP contribution in [0.3, 0.4) is 0 Å². The van der Waals surface area contributed by atoms with Gasteiger partial charge in [-0.15, -0.1) is 11.3 Å². The molecule has 2 atom stereocenters. The van der Waals surface area contributed by atoms with Gasteiger partial charge >= 0.3 is 11.9 Å². The van der Waals surface area contributed by atoms with Crippen LogP contribution in [0.1, 0.15) is 52.7 Å². The number of aliphatic hydroxyl groups excluding tert-OH is 1. The Labute approximate surface area is 185 Å². The first-order valence-corrected chi connectivity index (χ1v) is 11.1. The molecule has 0 aliphatic heterocycles. The van der Waals surface area contributed by atoms with E-state index in [4.69, 9.17) is 10.2 Å². The van der Waals surface area contributed by atoms with E-state index in [0.717, 1.165) is 24.1 Å². The van der Waals surface area contributed by atoms with E-state index in [1.807, 2.05) is 30.3 Å². The Morgan fingerprint density at radius 2 is 1.71 bits per heavy atom. The highest BCUT2D eigenvalue weighted by atomic mass is 32.1. The van der Waals surface area contributed by atoms with E-state index in [1.54, 1.807) is 6.92 Å². The van der Waals surface area contributed by atoms with Crippen LogP contribution < -0.4 is 0 Å². The van der Waals surface area contributed by atoms with Crippen LogP contribution >= 0.6 is 11.3 Å². The topological polar surface area (TPSA) is 112 Å². The van der Waals surface area contributed by atoms with E-state index in [-0.39, 0.29) is 5.78 Å². The Bertz CT molecular complexity index is 915. The number of hydrogen-bond acceptors (Lipinski definition) is 5. The van der Waals surface area contributed by atoms with Gasteiger partial charge in [0, 0.05) is 17.4 Å². The van der Waals surface area contributed by atoms with Crippen molar-refractivity contribution in [1.29, 1.82) is 0 Å². The first kappa shape index (κ1) is 24.5. The lowest BCUT2D eigenvalue weighted by molar-refractivity contribution is -0.136. The third-order valence-electron chi connectivity index (χ3n) is 5.13. The molecule has 0 aliphatic rings. The van der Waals surface area contributed by atoms with Gasteiger partial charge in [-0.3, -0.25) is 4.79 Å². The van der Waals surface area contributed by atoms with Gasteiger partial charge in [-0.2, -0.15) is 0 Å². The molecule has 0 spiro atoms. The highest BCUT2D eigenvalue weighted by molar-refractivity contribution is 7.14. The Kier molecular flexibility index (Phi) is 9.62. The van der Waals surface area contributed by atoms with Crippen LogP contribution in [-0.2, 0) is 22.4 Å². The van der Waals surface area contributed by atoms with Gasteiger partial charge in [0.15, 0.2) is 5.78 Å². The summed E-state index contributed by atoms with van der Waals surface area (Å²) in [7, 11) is 0. The van der Waals surface area contributed by atoms with Crippen molar-refractivity contribution < 1.29 is 29.7 Å². The monoisotopic (exact) mass is 444 g/mol. The molecular formula is C24H28O6S. The quantitative estimate of drug-likeness (QED) is 0.240. The summed E-state index contributed by atoms with van der Waals surface area (Å²) in [4.78, 5) is 36.1. The fraction of sp³-hybridized carbons (Fsp3) is 0.375. The first-order valence-electron chi connectivity index (χ1n) is 10.3. The molecule has 0 amide bonds. The molecule has 0 fully saturated rings. The van der Waals surface area contributed by atoms with Gasteiger partial charge in [-0.25, -0.2) is 9.59 Å². The van der Waals surface area contributed by atoms with Gasteiger partial charge in [-0.1, -0.05) is 37.3 Å². The number of unbranched alkanes of at least 4 members (excludes halogenated alkanes) is 1. The summed E-state index contributed by atoms with van der Waals surface area (Å²) in [6.07, 6.45) is 3.45. The molecule has 0 radical (unpaired) electrons. The molecular weight excluding hydrogens is 416 g/mol. The van der Waals surface area contributed by atoms with Crippen molar-refractivity contribution in [3.8, 4) is 0 Å². The number of aliphatic hydroxyl groups is 1. The lowest BCUT2D eigenvalue weighted by Gasteiger charge is -2.18. The minimum atomic E-state index is -1.45. The molecule has 0 bridgehead atoms. The maximum Gasteiger partial charge on any atom is 0.334 e. The molecule has 0 aliphatic carbocycles. The van der Waals surface area contributed by atoms with Crippen molar-refractivity contribution in [2.75, 3.05) is 0 Å². The predicted octanol–water partition coefficient (Wildman–Crippen LogP) is 4.37. The van der Waals surface area contributed by atoms with Crippen LogP contribution in [0.4, 0.5) is 0 Å². The maximum atomic E-state index is 12.4. The fourth-order valence-corrected chi connectivity index (χ4v) is 4.28. The number of carbonyl (C=O) groups excluding carboxylic acids is 1. The number of rotatable bonds is 13. The van der Waals surface area contributed by atoms with E-state index >= 15 is 0 Å². The number of Topliss-reactive ketones (excluding diaryl/α,β-unsaturated/α-hetero) is 1. The molecule has 31 heavy (non-hydrogen) atoms. The molecule has 6 nitrogen and oxygen atoms in total. The van der Waals surface area contributed by atoms with Crippen LogP contribution in [0.5, 0.6) is 0 Å². The second kappa shape index (κ2) is 12.2. The summed E-state index contributed by atoms with van der Waals surface area (Å²) in [5.41, 5.74) is 0.742. The summed E-state index contributed by atoms with van der Waals surface area (Å²) in [6.45, 7) is 1.68. The van der Waals surface area contributed by atoms with E-state index < -0.39 is 29.5 Å². The largest absolute Gasteiger partial charge is 0.478 e. The lowest BCUT2D eigenvalue weighted by Crippen LogP contribution is -2.26. The number of aliphatic carboxylic acids is 2. The number of benzene rings is 1. The van der Waals surface area contributed by atoms with Crippen molar-refractivity contribution in [3.63, 3.8) is 0 Å². The standard InChI is InChI=1S/C24H28O6S/c1-16(23(28)19(24(29)30)15-22(26)27)11-12-18-13-14-21(31-18)20(25)10-6-5-9-17-7-3-2-4-8-17/h2-4,7-8,13-16,23,28H,5-6,9-12H2,1H3,(H,26,27)(H,29,30)/b19-15-. The Balaban J connectivity index is 1.80. The minimum Gasteiger partial charge on any atom is -0.478 e. The number of carbonyl (C=O) groups is 3. The van der Waals surface area contributed by atoms with E-state index in [1.165, 1.54) is 16.9 Å². The van der Waals surface area contributed by atoms with Gasteiger partial charge < -0.3 is 15.3 Å². The number of ketones is 1. The van der Waals surface area contributed by atoms with Gasteiger partial charge in [0.2, 0.25) is 0 Å². The summed E-state index contributed by atoms with van der Waals surface area (Å²) in [6, 6.07) is 13.9. The third kappa shape index (κ3) is 8.11. The van der Waals surface area contributed by atoms with Crippen LogP contribution in [0.25, 0.3) is 0 Å². The number of carboxylic acid groups (broad SMARTS) is 2. The van der Waals surface area contributed by atoms with Crippen LogP contribution in [0.2, 0.25) is 0 Å². The van der Waals surface area contributed by atoms with Crippen molar-refractivity contribution in [3.05, 3.63) is 69.4 Å². The molecule has 0 saturated carbocycles. The summed E-state index contributed by atoms with van der Waals surface area (Å²) < 4.78 is 0. The van der Waals surface area contributed by atoms with E-state index in [2.05, 4.69) is 12.1 Å². The normalized spacial score (nSPS) is 13.5. The Morgan fingerprint density at radius 1 is 1.00 bits per heavy atom. The molecule has 1 aromatic carbocycles. The molecule has 7 heteroatoms. The average Bonchev–Trinajstić information content (AvgIpc) is 3.22. The zero-order chi connectivity index (χ0) is 22.8. The summed E-state index contributed by atoms with van der Waals surface area (Å²) in [5.74, 6) is -3.18. The number of carboxylic acids is 2. The second-order valence-electron chi connectivity index (χ2n) is 7.59. The number of thiophene rings is 1. The zero-order valence-corrected chi connectivity index (χ0v) is 18.3. The molecule has 2 rings (SSSR count). The van der Waals surface area contributed by atoms with Crippen molar-refractivity contribution >= 4 is 29.1 Å². The molecule has 2 aromatic rings. The Hall–Kier alpha value is -2.77. The van der Waals surface area contributed by atoms with Crippen LogP contribution in [0.15, 0.2) is 54.1 Å². The van der Waals surface area contributed by atoms with E-state index in [9.17, 15) is 19.5 Å². The smallest absolute Gasteiger partial charge is 0.334 e. The number of hydrogen-bond donors (Lipinski definition) is 3. The van der Waals surface area contributed by atoms with Crippen molar-refractivity contribution in [2.45, 2.75) is 51.6 Å². The zero-order valence-electron chi connectivity index (χ0n) is 17.5. The summed E-state index contributed by atoms with van der Waals surface area (Å²) in [5, 5.41) is 28.1. The number of aryl methyl sites for hydroxylation is 2. The van der Waals surface area contributed by atoms with Gasteiger partial charge in [0.25, 0.3) is 0 Å². The van der Waals surface area contributed by atoms with E-state index in [0.29, 0.717) is 30.2 Å². The lowest BCUT2D eigenvalue weighted by atomic mass is 9.92. The van der Waals surface area contributed by atoms with Crippen molar-refractivity contribution in [1.82, 2.24) is 0 Å². The molecule has 2 unspecified atom stereocenters. The van der Waals surface area contributed by atoms with Gasteiger partial charge in [-0.05, 0) is 55.7 Å². The highest BCUT2D eigenvalue weighted by Gasteiger charge is 2.25. The highest BCUT2D eigenvalue weighted by Crippen LogP contribution is 2.24. The Morgan fingerprint density at radius 3 is 2.35 bits per heavy atom. The SMILES string of the molecule is CC(CCc1ccc(C(=O)CCCCc2ccccc2)s1)C(O)/C(=C/C(=O)O)C(=O)O. The van der Waals surface area contributed by atoms with Crippen molar-refractivity contribution in [2.24, 2.45) is 5.92 Å². The molecule has 3 N–H and O–H groups in total. The molecule has 1 heterocycles. The first-order chi connectivity index (χ1) is 14.8. The van der Waals surface area contributed by atoms with Crippen LogP contribution in [-0.4, -0.2) is 39.1 Å². The predicted molar refractivity (Wildman–Crippen MR) is 119 cm³/mol. The second-order valence-corrected chi connectivity index (χ2v) is 8.75. The maximum absolute atomic E-state index is 12.4. The molecule has 1 aromatic heterocycles. The third-order valence-corrected chi connectivity index (χ3v) is 6.31.